The maximum Gasteiger partial charge on any atom is 0.319 e. The average Bonchev–Trinajstić information content (AvgIpc) is 2.54. The average molecular weight is 337 g/mol. The number of nitrogens with one attached hydrogen (secondary N) is 2. The molecule has 0 bridgehead atoms. The first kappa shape index (κ1) is 16.4. The summed E-state index contributed by atoms with van der Waals surface area (Å²) >= 11 is 0. The van der Waals surface area contributed by atoms with Crippen molar-refractivity contribution >= 4 is 11.9 Å². The Morgan fingerprint density at radius 1 is 1.29 bits per heavy atom. The third-order valence-electron chi connectivity index (χ3n) is 4.16. The number of morpholine rings is 1. The molecule has 2 atom stereocenters. The van der Waals surface area contributed by atoms with Crippen LogP contribution < -0.4 is 10.6 Å². The molecular formula is C16H17F2N3O3. The summed E-state index contributed by atoms with van der Waals surface area (Å²) in [6.45, 7) is 5.40. The van der Waals surface area contributed by atoms with E-state index >= 15 is 0 Å². The molecule has 2 N–H and O–H groups in total. The van der Waals surface area contributed by atoms with Gasteiger partial charge < -0.3 is 20.3 Å². The van der Waals surface area contributed by atoms with Gasteiger partial charge in [-0.3, -0.25) is 4.79 Å². The number of benzene rings is 1. The normalized spacial score (nSPS) is 24.3. The van der Waals surface area contributed by atoms with Crippen LogP contribution in [0.5, 0.6) is 0 Å². The van der Waals surface area contributed by atoms with Crippen molar-refractivity contribution in [2.75, 3.05) is 26.3 Å². The molecule has 2 heterocycles. The van der Waals surface area contributed by atoms with Crippen molar-refractivity contribution in [3.8, 4) is 0 Å². The summed E-state index contributed by atoms with van der Waals surface area (Å²) in [4.78, 5) is 26.2. The van der Waals surface area contributed by atoms with Gasteiger partial charge in [0.25, 0.3) is 0 Å². The fourth-order valence-corrected chi connectivity index (χ4v) is 2.97. The topological polar surface area (TPSA) is 70.7 Å². The van der Waals surface area contributed by atoms with Crippen LogP contribution in [0.15, 0.2) is 30.5 Å². The van der Waals surface area contributed by atoms with Crippen molar-refractivity contribution in [3.05, 3.63) is 47.7 Å². The van der Waals surface area contributed by atoms with Gasteiger partial charge in [0, 0.05) is 30.4 Å². The number of urea groups is 1. The van der Waals surface area contributed by atoms with E-state index < -0.39 is 29.6 Å². The minimum absolute atomic E-state index is 0.0407. The third-order valence-corrected chi connectivity index (χ3v) is 4.16. The van der Waals surface area contributed by atoms with Gasteiger partial charge in [0.1, 0.15) is 17.6 Å². The zero-order valence-electron chi connectivity index (χ0n) is 12.9. The molecule has 0 radical (unpaired) electrons. The molecule has 1 aromatic carbocycles. The molecule has 0 saturated carbocycles. The zero-order valence-corrected chi connectivity index (χ0v) is 12.9. The molecule has 128 valence electrons. The first-order valence-electron chi connectivity index (χ1n) is 7.55. The van der Waals surface area contributed by atoms with Crippen LogP contribution >= 0.6 is 0 Å². The number of carbonyl (C=O) groups excluding carboxylic acids is 2. The van der Waals surface area contributed by atoms with Crippen LogP contribution in [0.25, 0.3) is 0 Å². The summed E-state index contributed by atoms with van der Waals surface area (Å²) in [5.74, 6) is -2.73. The molecule has 24 heavy (non-hydrogen) atoms. The van der Waals surface area contributed by atoms with Crippen molar-refractivity contribution in [2.45, 2.75) is 6.04 Å². The first-order chi connectivity index (χ1) is 11.5. The molecule has 0 unspecified atom stereocenters. The van der Waals surface area contributed by atoms with Gasteiger partial charge >= 0.3 is 6.03 Å². The van der Waals surface area contributed by atoms with E-state index in [0.29, 0.717) is 26.3 Å². The fraction of sp³-hybridized carbons (Fsp3) is 0.375. The van der Waals surface area contributed by atoms with Crippen LogP contribution in [-0.4, -0.2) is 43.1 Å². The lowest BCUT2D eigenvalue weighted by Gasteiger charge is -2.38. The highest BCUT2D eigenvalue weighted by atomic mass is 19.1. The molecule has 3 amide bonds. The van der Waals surface area contributed by atoms with E-state index in [-0.39, 0.29) is 17.2 Å². The largest absolute Gasteiger partial charge is 0.378 e. The minimum atomic E-state index is -0.956. The van der Waals surface area contributed by atoms with Gasteiger partial charge in [-0.15, -0.1) is 0 Å². The Kier molecular flexibility index (Phi) is 4.48. The molecule has 0 spiro atoms. The summed E-state index contributed by atoms with van der Waals surface area (Å²) in [5.41, 5.74) is 0.225. The maximum atomic E-state index is 14.2. The van der Waals surface area contributed by atoms with Crippen molar-refractivity contribution in [1.29, 1.82) is 0 Å². The highest BCUT2D eigenvalue weighted by Crippen LogP contribution is 2.32. The lowest BCUT2D eigenvalue weighted by Crippen LogP contribution is -2.55. The molecule has 2 fully saturated rings. The second-order valence-electron chi connectivity index (χ2n) is 5.68. The summed E-state index contributed by atoms with van der Waals surface area (Å²) in [7, 11) is 0. The van der Waals surface area contributed by atoms with Gasteiger partial charge in [0.15, 0.2) is 0 Å². The number of amides is 3. The van der Waals surface area contributed by atoms with Crippen LogP contribution in [0.2, 0.25) is 0 Å². The summed E-state index contributed by atoms with van der Waals surface area (Å²) in [6, 6.07) is 1.50. The molecule has 1 aromatic rings. The van der Waals surface area contributed by atoms with E-state index in [4.69, 9.17) is 4.74 Å². The Morgan fingerprint density at radius 3 is 2.67 bits per heavy atom. The summed E-state index contributed by atoms with van der Waals surface area (Å²) < 4.78 is 32.6. The fourth-order valence-electron chi connectivity index (χ4n) is 2.97. The minimum Gasteiger partial charge on any atom is -0.378 e. The number of nitrogens with zero attached hydrogens (tertiary/aromatic N) is 1. The maximum absolute atomic E-state index is 14.2. The van der Waals surface area contributed by atoms with Crippen LogP contribution in [-0.2, 0) is 9.53 Å². The highest BCUT2D eigenvalue weighted by molar-refractivity contribution is 5.88. The van der Waals surface area contributed by atoms with E-state index in [9.17, 15) is 18.4 Å². The molecule has 6 nitrogen and oxygen atoms in total. The molecule has 0 aliphatic carbocycles. The van der Waals surface area contributed by atoms with Crippen LogP contribution in [0.4, 0.5) is 13.6 Å². The van der Waals surface area contributed by atoms with Crippen molar-refractivity contribution in [1.82, 2.24) is 15.5 Å². The first-order valence-corrected chi connectivity index (χ1v) is 7.55. The quantitative estimate of drug-likeness (QED) is 0.855. The summed E-state index contributed by atoms with van der Waals surface area (Å²) in [6.07, 6.45) is 0. The molecular weight excluding hydrogens is 320 g/mol. The van der Waals surface area contributed by atoms with Gasteiger partial charge in [-0.1, -0.05) is 12.6 Å². The molecule has 0 aromatic heterocycles. The SMILES string of the molecule is C=C1NC(=O)N[C@@H](c2ccc(F)cc2F)[C@@H]1C(=O)N1CCOCC1. The number of rotatable bonds is 2. The monoisotopic (exact) mass is 337 g/mol. The standard InChI is InChI=1S/C16H17F2N3O3/c1-9-13(15(22)21-4-6-24-7-5-21)14(20-16(23)19-9)11-3-2-10(17)8-12(11)18/h2-3,8,13-14H,1,4-7H2,(H2,19,20,23)/t13-,14+/m1/s1. The Labute approximate surface area is 137 Å². The van der Waals surface area contributed by atoms with Crippen LogP contribution in [0, 0.1) is 17.6 Å². The number of hydrogen-bond donors (Lipinski definition) is 2. The molecule has 8 heteroatoms. The van der Waals surface area contributed by atoms with E-state index in [1.54, 1.807) is 4.90 Å². The van der Waals surface area contributed by atoms with Gasteiger partial charge in [-0.2, -0.15) is 0 Å². The number of carbonyl (C=O) groups is 2. The lowest BCUT2D eigenvalue weighted by atomic mass is 9.87. The Bertz CT molecular complexity index is 689. The van der Waals surface area contributed by atoms with E-state index in [1.165, 1.54) is 6.07 Å². The van der Waals surface area contributed by atoms with Gasteiger partial charge in [-0.25, -0.2) is 13.6 Å². The summed E-state index contributed by atoms with van der Waals surface area (Å²) in [5, 5.41) is 5.00. The Hall–Kier alpha value is -2.48. The number of hydrogen-bond acceptors (Lipinski definition) is 3. The van der Waals surface area contributed by atoms with Crippen molar-refractivity contribution in [2.24, 2.45) is 5.92 Å². The predicted molar refractivity (Wildman–Crippen MR) is 80.8 cm³/mol. The smallest absolute Gasteiger partial charge is 0.319 e. The van der Waals surface area contributed by atoms with Gasteiger partial charge in [0.2, 0.25) is 5.91 Å². The van der Waals surface area contributed by atoms with Crippen LogP contribution in [0.3, 0.4) is 0 Å². The molecule has 3 rings (SSSR count). The van der Waals surface area contributed by atoms with Crippen LogP contribution in [0.1, 0.15) is 11.6 Å². The zero-order chi connectivity index (χ0) is 17.3. The van der Waals surface area contributed by atoms with Crippen molar-refractivity contribution < 1.29 is 23.1 Å². The Balaban J connectivity index is 1.94. The predicted octanol–water partition coefficient (Wildman–Crippen LogP) is 1.31. The second kappa shape index (κ2) is 6.56. The van der Waals surface area contributed by atoms with Gasteiger partial charge in [0.05, 0.1) is 19.3 Å². The Morgan fingerprint density at radius 2 is 2.00 bits per heavy atom. The van der Waals surface area contributed by atoms with Crippen molar-refractivity contribution in [3.63, 3.8) is 0 Å². The van der Waals surface area contributed by atoms with E-state index in [0.717, 1.165) is 12.1 Å². The number of halogens is 2. The molecule has 2 aliphatic rings. The third kappa shape index (κ3) is 3.09. The molecule has 2 aliphatic heterocycles. The number of ether oxygens (including phenoxy) is 1. The lowest BCUT2D eigenvalue weighted by molar-refractivity contribution is -0.139. The highest BCUT2D eigenvalue weighted by Gasteiger charge is 2.41. The van der Waals surface area contributed by atoms with E-state index in [1.807, 2.05) is 0 Å². The molecule has 2 saturated heterocycles. The second-order valence-corrected chi connectivity index (χ2v) is 5.68. The van der Waals surface area contributed by atoms with Gasteiger partial charge in [-0.05, 0) is 6.07 Å². The van der Waals surface area contributed by atoms with E-state index in [2.05, 4.69) is 17.2 Å².